The fourth-order valence-electron chi connectivity index (χ4n) is 1.57. The maximum Gasteiger partial charge on any atom is 0.235 e. The van der Waals surface area contributed by atoms with Gasteiger partial charge in [-0.25, -0.2) is 4.79 Å². The van der Waals surface area contributed by atoms with Crippen LogP contribution in [0.1, 0.15) is 43.9 Å². The van der Waals surface area contributed by atoms with E-state index in [0.29, 0.717) is 5.92 Å². The number of carbonyl (C=O) groups excluding carboxylic acids is 1. The van der Waals surface area contributed by atoms with Gasteiger partial charge in [-0.05, 0) is 24.0 Å². The molecule has 0 fully saturated rings. The van der Waals surface area contributed by atoms with Crippen molar-refractivity contribution in [2.24, 2.45) is 4.99 Å². The number of nitrogens with zero attached hydrogens (tertiary/aromatic N) is 1. The predicted molar refractivity (Wildman–Crippen MR) is 57.1 cm³/mol. The molecule has 1 aromatic carbocycles. The molecule has 0 aliphatic rings. The van der Waals surface area contributed by atoms with E-state index in [1.807, 2.05) is 25.1 Å². The molecule has 0 saturated heterocycles. The lowest BCUT2D eigenvalue weighted by Crippen LogP contribution is -1.98. The standard InChI is InChI=1S/C12H15NO/c1-9(2)11-6-4-5-7-12(11)10(3)13-8-14/h4-7,9-10H,1-3H3. The molecule has 0 spiro atoms. The second-order valence-electron chi connectivity index (χ2n) is 3.68. The average Bonchev–Trinajstić information content (AvgIpc) is 2.18. The zero-order chi connectivity index (χ0) is 10.6. The van der Waals surface area contributed by atoms with Crippen molar-refractivity contribution in [2.75, 3.05) is 0 Å². The molecule has 74 valence electrons. The fourth-order valence-corrected chi connectivity index (χ4v) is 1.57. The summed E-state index contributed by atoms with van der Waals surface area (Å²) < 4.78 is 0. The second-order valence-corrected chi connectivity index (χ2v) is 3.68. The lowest BCUT2D eigenvalue weighted by atomic mass is 9.94. The molecular formula is C12H15NO. The first kappa shape index (κ1) is 10.7. The Balaban J connectivity index is 3.12. The topological polar surface area (TPSA) is 29.4 Å². The summed E-state index contributed by atoms with van der Waals surface area (Å²) in [4.78, 5) is 13.9. The van der Waals surface area contributed by atoms with E-state index in [2.05, 4.69) is 24.9 Å². The third kappa shape index (κ3) is 2.30. The van der Waals surface area contributed by atoms with Crippen molar-refractivity contribution in [3.8, 4) is 0 Å². The largest absolute Gasteiger partial charge is 0.235 e. The Morgan fingerprint density at radius 2 is 1.71 bits per heavy atom. The van der Waals surface area contributed by atoms with E-state index in [4.69, 9.17) is 0 Å². The number of rotatable bonds is 3. The van der Waals surface area contributed by atoms with Gasteiger partial charge in [0.05, 0.1) is 6.04 Å². The smallest absolute Gasteiger partial charge is 0.211 e. The highest BCUT2D eigenvalue weighted by molar-refractivity contribution is 5.38. The molecule has 1 atom stereocenters. The maximum absolute atomic E-state index is 10.2. The van der Waals surface area contributed by atoms with Gasteiger partial charge in [0.2, 0.25) is 6.08 Å². The Morgan fingerprint density at radius 1 is 1.14 bits per heavy atom. The van der Waals surface area contributed by atoms with E-state index >= 15 is 0 Å². The molecule has 14 heavy (non-hydrogen) atoms. The first-order valence-electron chi connectivity index (χ1n) is 4.82. The molecule has 2 nitrogen and oxygen atoms in total. The van der Waals surface area contributed by atoms with Crippen LogP contribution in [0.4, 0.5) is 0 Å². The zero-order valence-corrected chi connectivity index (χ0v) is 8.82. The van der Waals surface area contributed by atoms with Gasteiger partial charge >= 0.3 is 0 Å². The van der Waals surface area contributed by atoms with E-state index in [1.54, 1.807) is 6.08 Å². The minimum absolute atomic E-state index is 0.0916. The molecule has 1 unspecified atom stereocenters. The lowest BCUT2D eigenvalue weighted by Gasteiger charge is -2.14. The molecule has 2 heteroatoms. The number of hydrogen-bond acceptors (Lipinski definition) is 2. The number of aliphatic imine (C=N–C) groups is 1. The number of isocyanates is 1. The van der Waals surface area contributed by atoms with E-state index in [9.17, 15) is 4.79 Å². The first-order valence-corrected chi connectivity index (χ1v) is 4.82. The SMILES string of the molecule is CC(C)c1ccccc1C(C)N=C=O. The molecule has 0 amide bonds. The summed E-state index contributed by atoms with van der Waals surface area (Å²) in [5.41, 5.74) is 2.37. The van der Waals surface area contributed by atoms with Gasteiger partial charge in [0, 0.05) is 0 Å². The van der Waals surface area contributed by atoms with Crippen LogP contribution in [0.15, 0.2) is 29.3 Å². The van der Waals surface area contributed by atoms with Crippen LogP contribution in [0.5, 0.6) is 0 Å². The van der Waals surface area contributed by atoms with Crippen molar-refractivity contribution in [2.45, 2.75) is 32.7 Å². The van der Waals surface area contributed by atoms with E-state index in [0.717, 1.165) is 5.56 Å². The summed E-state index contributed by atoms with van der Waals surface area (Å²) >= 11 is 0. The summed E-state index contributed by atoms with van der Waals surface area (Å²) in [7, 11) is 0. The molecule has 0 aliphatic heterocycles. The third-order valence-electron chi connectivity index (χ3n) is 2.31. The normalized spacial score (nSPS) is 12.3. The van der Waals surface area contributed by atoms with Crippen LogP contribution in [-0.4, -0.2) is 6.08 Å². The third-order valence-corrected chi connectivity index (χ3v) is 2.31. The Bertz CT molecular complexity index is 351. The second kappa shape index (κ2) is 4.73. The molecule has 0 aromatic heterocycles. The molecule has 0 radical (unpaired) electrons. The molecular weight excluding hydrogens is 174 g/mol. The molecule has 0 bridgehead atoms. The Kier molecular flexibility index (Phi) is 3.61. The molecule has 0 aliphatic carbocycles. The van der Waals surface area contributed by atoms with Crippen molar-refractivity contribution >= 4 is 6.08 Å². The van der Waals surface area contributed by atoms with Crippen molar-refractivity contribution in [1.82, 2.24) is 0 Å². The van der Waals surface area contributed by atoms with Gasteiger partial charge in [-0.3, -0.25) is 0 Å². The molecule has 0 heterocycles. The van der Waals surface area contributed by atoms with Crippen LogP contribution >= 0.6 is 0 Å². The summed E-state index contributed by atoms with van der Waals surface area (Å²) in [5.74, 6) is 0.454. The highest BCUT2D eigenvalue weighted by atomic mass is 16.1. The maximum atomic E-state index is 10.2. The van der Waals surface area contributed by atoms with Crippen molar-refractivity contribution in [3.63, 3.8) is 0 Å². The lowest BCUT2D eigenvalue weighted by molar-refractivity contribution is 0.559. The number of hydrogen-bond donors (Lipinski definition) is 0. The Hall–Kier alpha value is -1.40. The van der Waals surface area contributed by atoms with E-state index in [-0.39, 0.29) is 6.04 Å². The van der Waals surface area contributed by atoms with Crippen molar-refractivity contribution < 1.29 is 4.79 Å². The molecule has 0 saturated carbocycles. The minimum atomic E-state index is -0.0916. The van der Waals surface area contributed by atoms with Gasteiger partial charge in [-0.2, -0.15) is 4.99 Å². The van der Waals surface area contributed by atoms with Crippen molar-refractivity contribution in [1.29, 1.82) is 0 Å². The Labute approximate surface area is 84.7 Å². The molecule has 1 aromatic rings. The summed E-state index contributed by atoms with van der Waals surface area (Å²) in [6.45, 7) is 6.18. The fraction of sp³-hybridized carbons (Fsp3) is 0.417. The van der Waals surface area contributed by atoms with Gasteiger partial charge in [-0.15, -0.1) is 0 Å². The summed E-state index contributed by atoms with van der Waals surface area (Å²) in [5, 5.41) is 0. The van der Waals surface area contributed by atoms with E-state index in [1.165, 1.54) is 5.56 Å². The van der Waals surface area contributed by atoms with Gasteiger partial charge in [0.25, 0.3) is 0 Å². The van der Waals surface area contributed by atoms with Gasteiger partial charge in [0.15, 0.2) is 0 Å². The summed E-state index contributed by atoms with van der Waals surface area (Å²) in [6, 6.07) is 7.98. The van der Waals surface area contributed by atoms with Gasteiger partial charge in [0.1, 0.15) is 0 Å². The zero-order valence-electron chi connectivity index (χ0n) is 8.82. The van der Waals surface area contributed by atoms with Crippen LogP contribution in [0.3, 0.4) is 0 Å². The van der Waals surface area contributed by atoms with Gasteiger partial charge in [-0.1, -0.05) is 38.1 Å². The van der Waals surface area contributed by atoms with Crippen LogP contribution in [0, 0.1) is 0 Å². The van der Waals surface area contributed by atoms with Crippen LogP contribution in [0.2, 0.25) is 0 Å². The molecule has 1 rings (SSSR count). The van der Waals surface area contributed by atoms with Crippen molar-refractivity contribution in [3.05, 3.63) is 35.4 Å². The predicted octanol–water partition coefficient (Wildman–Crippen LogP) is 3.21. The van der Waals surface area contributed by atoms with Crippen LogP contribution < -0.4 is 0 Å². The molecule has 0 N–H and O–H groups in total. The van der Waals surface area contributed by atoms with E-state index < -0.39 is 0 Å². The quantitative estimate of drug-likeness (QED) is 0.530. The highest BCUT2D eigenvalue weighted by Crippen LogP contribution is 2.26. The van der Waals surface area contributed by atoms with Crippen LogP contribution in [0.25, 0.3) is 0 Å². The average molecular weight is 189 g/mol. The minimum Gasteiger partial charge on any atom is -0.211 e. The Morgan fingerprint density at radius 3 is 2.21 bits per heavy atom. The summed E-state index contributed by atoms with van der Waals surface area (Å²) in [6.07, 6.45) is 1.61. The first-order chi connectivity index (χ1) is 6.66. The highest BCUT2D eigenvalue weighted by Gasteiger charge is 2.10. The van der Waals surface area contributed by atoms with Gasteiger partial charge < -0.3 is 0 Å². The monoisotopic (exact) mass is 189 g/mol. The number of benzene rings is 1. The van der Waals surface area contributed by atoms with Crippen LogP contribution in [-0.2, 0) is 4.79 Å².